The average Bonchev–Trinajstić information content (AvgIpc) is 2.28. The van der Waals surface area contributed by atoms with Gasteiger partial charge in [-0.15, -0.1) is 0 Å². The molecule has 0 aromatic heterocycles. The lowest BCUT2D eigenvalue weighted by atomic mass is 9.59. The van der Waals surface area contributed by atoms with Crippen molar-refractivity contribution in [2.24, 2.45) is 17.8 Å². The molecule has 1 fully saturated rings. The van der Waals surface area contributed by atoms with Crippen molar-refractivity contribution >= 4 is 5.78 Å². The van der Waals surface area contributed by atoms with Crippen LogP contribution in [0.1, 0.15) is 40.5 Å². The van der Waals surface area contributed by atoms with Crippen LogP contribution in [0, 0.1) is 17.8 Å². The minimum Gasteiger partial charge on any atom is -0.375 e. The highest BCUT2D eigenvalue weighted by Gasteiger charge is 2.48. The number of nitrogens with zero attached hydrogens (tertiary/aromatic N) is 1. The molecule has 0 bridgehead atoms. The van der Waals surface area contributed by atoms with Gasteiger partial charge in [-0.3, -0.25) is 4.79 Å². The van der Waals surface area contributed by atoms with E-state index in [4.69, 9.17) is 0 Å². The number of fused-ring (bicyclic) bond motifs is 1. The number of Topliss-reactive ketones (excluding diaryl/α,β-unsaturated/α-hetero) is 1. The van der Waals surface area contributed by atoms with Crippen molar-refractivity contribution in [1.29, 1.82) is 0 Å². The van der Waals surface area contributed by atoms with Gasteiger partial charge in [-0.05, 0) is 44.6 Å². The quantitative estimate of drug-likeness (QED) is 0.730. The molecule has 0 aliphatic heterocycles. The summed E-state index contributed by atoms with van der Waals surface area (Å²) in [5.41, 5.74) is 2.83. The molecule has 0 radical (unpaired) electrons. The topological polar surface area (TPSA) is 20.3 Å². The normalized spacial score (nSPS) is 33.5. The highest BCUT2D eigenvalue weighted by Crippen LogP contribution is 2.51. The molecule has 2 nitrogen and oxygen atoms in total. The Kier molecular flexibility index (Phi) is 3.09. The molecule has 0 amide bonds. The van der Waals surface area contributed by atoms with E-state index >= 15 is 0 Å². The second-order valence-corrected chi connectivity index (χ2v) is 5.23. The molecule has 0 heterocycles. The van der Waals surface area contributed by atoms with E-state index in [0.29, 0.717) is 17.6 Å². The Bertz CT molecular complexity index is 328. The van der Waals surface area contributed by atoms with E-state index < -0.39 is 0 Å². The zero-order chi connectivity index (χ0) is 11.9. The largest absolute Gasteiger partial charge is 0.375 e. The first-order chi connectivity index (χ1) is 7.61. The third-order valence-corrected chi connectivity index (χ3v) is 4.47. The maximum atomic E-state index is 12.0. The molecule has 1 saturated carbocycles. The van der Waals surface area contributed by atoms with Gasteiger partial charge in [0.15, 0.2) is 0 Å². The Balaban J connectivity index is 2.28. The third-order valence-electron chi connectivity index (χ3n) is 4.47. The summed E-state index contributed by atoms with van der Waals surface area (Å²) in [4.78, 5) is 14.4. The van der Waals surface area contributed by atoms with Crippen LogP contribution in [0.5, 0.6) is 0 Å². The number of hydrogen-bond donors (Lipinski definition) is 0. The van der Waals surface area contributed by atoms with Gasteiger partial charge in [-0.25, -0.2) is 0 Å². The van der Waals surface area contributed by atoms with E-state index in [1.165, 1.54) is 11.3 Å². The second-order valence-electron chi connectivity index (χ2n) is 5.23. The molecule has 2 rings (SSSR count). The molecule has 90 valence electrons. The fraction of sp³-hybridized carbons (Fsp3) is 0.786. The van der Waals surface area contributed by atoms with Gasteiger partial charge >= 0.3 is 0 Å². The van der Waals surface area contributed by atoms with E-state index in [0.717, 1.165) is 25.9 Å². The second kappa shape index (κ2) is 4.23. The average molecular weight is 221 g/mol. The van der Waals surface area contributed by atoms with Crippen LogP contribution in [0.3, 0.4) is 0 Å². The molecular formula is C14H23NO. The number of carbonyl (C=O) groups is 1. The Hall–Kier alpha value is -0.790. The van der Waals surface area contributed by atoms with Crippen LogP contribution < -0.4 is 0 Å². The van der Waals surface area contributed by atoms with Gasteiger partial charge in [0.1, 0.15) is 5.78 Å². The minimum absolute atomic E-state index is 0.239. The van der Waals surface area contributed by atoms with Crippen LogP contribution in [0.4, 0.5) is 0 Å². The van der Waals surface area contributed by atoms with Crippen LogP contribution in [-0.4, -0.2) is 23.8 Å². The summed E-state index contributed by atoms with van der Waals surface area (Å²) in [6.45, 7) is 10.9. The first kappa shape index (κ1) is 11.7. The van der Waals surface area contributed by atoms with Crippen molar-refractivity contribution in [3.8, 4) is 0 Å². The van der Waals surface area contributed by atoms with E-state index in [1.807, 2.05) is 0 Å². The summed E-state index contributed by atoms with van der Waals surface area (Å²) in [6.07, 6.45) is 1.88. The van der Waals surface area contributed by atoms with Gasteiger partial charge < -0.3 is 4.90 Å². The molecule has 2 heteroatoms. The van der Waals surface area contributed by atoms with E-state index in [1.54, 1.807) is 0 Å². The molecule has 3 atom stereocenters. The van der Waals surface area contributed by atoms with E-state index in [-0.39, 0.29) is 5.92 Å². The standard InChI is InChI=1S/C14H23NO/c1-5-15(6-2)14-10(4)12-9(3)7-8-11(16)13(12)14/h9,12-13H,5-8H2,1-4H3/t9-,12-,13-/m0/s1. The lowest BCUT2D eigenvalue weighted by molar-refractivity contribution is -0.128. The van der Waals surface area contributed by atoms with Crippen molar-refractivity contribution in [3.05, 3.63) is 11.3 Å². The van der Waals surface area contributed by atoms with E-state index in [9.17, 15) is 4.79 Å². The SMILES string of the molecule is CCN(CC)C1=C(C)[C@H]2[C@@H]1C(=O)CC[C@@H]2C. The van der Waals surface area contributed by atoms with Crippen LogP contribution in [0.2, 0.25) is 0 Å². The molecule has 0 spiro atoms. The van der Waals surface area contributed by atoms with Gasteiger partial charge in [0.25, 0.3) is 0 Å². The Morgan fingerprint density at radius 3 is 2.50 bits per heavy atom. The van der Waals surface area contributed by atoms with Crippen molar-refractivity contribution in [2.45, 2.75) is 40.5 Å². The summed E-state index contributed by atoms with van der Waals surface area (Å²) >= 11 is 0. The Labute approximate surface area is 98.7 Å². The molecule has 0 saturated heterocycles. The number of rotatable bonds is 3. The first-order valence-corrected chi connectivity index (χ1v) is 6.60. The number of allylic oxidation sites excluding steroid dienone is 2. The predicted octanol–water partition coefficient (Wildman–Crippen LogP) is 2.85. The smallest absolute Gasteiger partial charge is 0.142 e. The third kappa shape index (κ3) is 1.50. The van der Waals surface area contributed by atoms with Crippen molar-refractivity contribution < 1.29 is 4.79 Å². The molecule has 0 aromatic rings. The van der Waals surface area contributed by atoms with E-state index in [2.05, 4.69) is 32.6 Å². The van der Waals surface area contributed by atoms with Gasteiger partial charge in [0.05, 0.1) is 5.92 Å². The fourth-order valence-electron chi connectivity index (χ4n) is 3.56. The van der Waals surface area contributed by atoms with Gasteiger partial charge in [-0.2, -0.15) is 0 Å². The monoisotopic (exact) mass is 221 g/mol. The first-order valence-electron chi connectivity index (χ1n) is 6.60. The zero-order valence-corrected chi connectivity index (χ0v) is 10.9. The number of carbonyl (C=O) groups excluding carboxylic acids is 1. The Morgan fingerprint density at radius 1 is 1.31 bits per heavy atom. The number of ketones is 1. The van der Waals surface area contributed by atoms with Gasteiger partial charge in [0.2, 0.25) is 0 Å². The van der Waals surface area contributed by atoms with Crippen molar-refractivity contribution in [1.82, 2.24) is 4.90 Å². The molecule has 2 aliphatic carbocycles. The van der Waals surface area contributed by atoms with Crippen LogP contribution in [0.15, 0.2) is 11.3 Å². The summed E-state index contributed by atoms with van der Waals surface area (Å²) < 4.78 is 0. The summed E-state index contributed by atoms with van der Waals surface area (Å²) in [5.74, 6) is 1.97. The lowest BCUT2D eigenvalue weighted by Crippen LogP contribution is -2.48. The highest BCUT2D eigenvalue weighted by atomic mass is 16.1. The molecule has 16 heavy (non-hydrogen) atoms. The van der Waals surface area contributed by atoms with Crippen molar-refractivity contribution in [3.63, 3.8) is 0 Å². The molecule has 0 N–H and O–H groups in total. The van der Waals surface area contributed by atoms with Crippen molar-refractivity contribution in [2.75, 3.05) is 13.1 Å². The lowest BCUT2D eigenvalue weighted by Gasteiger charge is -2.50. The van der Waals surface area contributed by atoms with Gasteiger partial charge in [-0.1, -0.05) is 6.92 Å². The maximum Gasteiger partial charge on any atom is 0.142 e. The molecule has 2 aliphatic rings. The summed E-state index contributed by atoms with van der Waals surface area (Å²) in [5, 5.41) is 0. The predicted molar refractivity (Wildman–Crippen MR) is 66.0 cm³/mol. The molecule has 0 unspecified atom stereocenters. The van der Waals surface area contributed by atoms with Crippen LogP contribution in [0.25, 0.3) is 0 Å². The Morgan fingerprint density at radius 2 is 1.94 bits per heavy atom. The molecule has 0 aromatic carbocycles. The van der Waals surface area contributed by atoms with Crippen LogP contribution in [-0.2, 0) is 4.79 Å². The molecular weight excluding hydrogens is 198 g/mol. The van der Waals surface area contributed by atoms with Crippen LogP contribution >= 0.6 is 0 Å². The minimum atomic E-state index is 0.239. The highest BCUT2D eigenvalue weighted by molar-refractivity contribution is 5.87. The zero-order valence-electron chi connectivity index (χ0n) is 10.9. The van der Waals surface area contributed by atoms with Gasteiger partial charge in [0, 0.05) is 25.2 Å². The maximum absolute atomic E-state index is 12.0. The summed E-state index contributed by atoms with van der Waals surface area (Å²) in [6, 6.07) is 0. The summed E-state index contributed by atoms with van der Waals surface area (Å²) in [7, 11) is 0. The number of hydrogen-bond acceptors (Lipinski definition) is 2. The fourth-order valence-corrected chi connectivity index (χ4v) is 3.56.